The third-order valence-electron chi connectivity index (χ3n) is 2.01. The molecule has 1 aromatic heterocycles. The van der Waals surface area contributed by atoms with Crippen molar-refractivity contribution in [3.05, 3.63) is 18.0 Å². The molecule has 9 heteroatoms. The molecule has 0 aliphatic rings. The fraction of sp³-hybridized carbons (Fsp3) is 0.600. The largest absolute Gasteiger partial charge is 0.411 e. The van der Waals surface area contributed by atoms with E-state index >= 15 is 0 Å². The zero-order chi connectivity index (χ0) is 14.3. The SMILES string of the molecule is Cn1cc(CNC(=O)NCCOCC(F)(F)F)cn1. The fourth-order valence-corrected chi connectivity index (χ4v) is 1.23. The molecule has 0 aliphatic heterocycles. The normalized spacial score (nSPS) is 11.4. The monoisotopic (exact) mass is 280 g/mol. The summed E-state index contributed by atoms with van der Waals surface area (Å²) < 4.78 is 41.1. The van der Waals surface area contributed by atoms with Crippen LogP contribution in [0.2, 0.25) is 0 Å². The van der Waals surface area contributed by atoms with Crippen LogP contribution in [-0.4, -0.2) is 41.7 Å². The van der Waals surface area contributed by atoms with Gasteiger partial charge in [0.2, 0.25) is 0 Å². The molecular weight excluding hydrogens is 265 g/mol. The first-order valence-corrected chi connectivity index (χ1v) is 5.50. The minimum Gasteiger partial charge on any atom is -0.370 e. The van der Waals surface area contributed by atoms with Gasteiger partial charge in [-0.05, 0) is 0 Å². The van der Waals surface area contributed by atoms with E-state index < -0.39 is 18.8 Å². The molecule has 0 bridgehead atoms. The molecule has 1 rings (SSSR count). The van der Waals surface area contributed by atoms with Gasteiger partial charge in [0.25, 0.3) is 0 Å². The van der Waals surface area contributed by atoms with E-state index in [1.54, 1.807) is 24.1 Å². The number of hydrogen-bond acceptors (Lipinski definition) is 3. The second kappa shape index (κ2) is 6.98. The molecule has 0 spiro atoms. The van der Waals surface area contributed by atoms with Gasteiger partial charge in [-0.2, -0.15) is 18.3 Å². The molecule has 0 saturated heterocycles. The summed E-state index contributed by atoms with van der Waals surface area (Å²) in [6.45, 7) is -1.20. The average Bonchev–Trinajstić information content (AvgIpc) is 2.70. The zero-order valence-electron chi connectivity index (χ0n) is 10.3. The molecule has 0 aromatic carbocycles. The lowest BCUT2D eigenvalue weighted by Gasteiger charge is -2.09. The number of rotatable bonds is 6. The Balaban J connectivity index is 2.05. The molecule has 1 heterocycles. The smallest absolute Gasteiger partial charge is 0.370 e. The Hall–Kier alpha value is -1.77. The van der Waals surface area contributed by atoms with Gasteiger partial charge in [0.05, 0.1) is 12.8 Å². The van der Waals surface area contributed by atoms with Gasteiger partial charge in [-0.3, -0.25) is 4.68 Å². The van der Waals surface area contributed by atoms with Crippen LogP contribution in [0.5, 0.6) is 0 Å². The highest BCUT2D eigenvalue weighted by Gasteiger charge is 2.27. The highest BCUT2D eigenvalue weighted by molar-refractivity contribution is 5.73. The first-order chi connectivity index (χ1) is 8.87. The van der Waals surface area contributed by atoms with Crippen LogP contribution in [0.1, 0.15) is 5.56 Å². The van der Waals surface area contributed by atoms with Crippen LogP contribution in [0.25, 0.3) is 0 Å². The number of halogens is 3. The summed E-state index contributed by atoms with van der Waals surface area (Å²) in [6.07, 6.45) is -0.998. The number of carbonyl (C=O) groups is 1. The van der Waals surface area contributed by atoms with E-state index in [-0.39, 0.29) is 13.2 Å². The molecule has 19 heavy (non-hydrogen) atoms. The lowest BCUT2D eigenvalue weighted by molar-refractivity contribution is -0.173. The van der Waals surface area contributed by atoms with Gasteiger partial charge in [-0.25, -0.2) is 4.79 Å². The van der Waals surface area contributed by atoms with Crippen molar-refractivity contribution in [1.29, 1.82) is 0 Å². The summed E-state index contributed by atoms with van der Waals surface area (Å²) >= 11 is 0. The second-order valence-electron chi connectivity index (χ2n) is 3.80. The number of aromatic nitrogens is 2. The van der Waals surface area contributed by atoms with E-state index in [1.165, 1.54) is 0 Å². The van der Waals surface area contributed by atoms with Crippen molar-refractivity contribution in [2.45, 2.75) is 12.7 Å². The van der Waals surface area contributed by atoms with E-state index in [1.807, 2.05) is 0 Å². The highest BCUT2D eigenvalue weighted by Crippen LogP contribution is 2.13. The summed E-state index contributed by atoms with van der Waals surface area (Å²) in [7, 11) is 1.75. The average molecular weight is 280 g/mol. The molecule has 0 radical (unpaired) electrons. The standard InChI is InChI=1S/C10H15F3N4O2/c1-17-6-8(5-16-17)4-15-9(18)14-2-3-19-7-10(11,12)13/h5-6H,2-4,7H2,1H3,(H2,14,15,18). The summed E-state index contributed by atoms with van der Waals surface area (Å²) in [5, 5.41) is 8.84. The van der Waals surface area contributed by atoms with Crippen molar-refractivity contribution in [3.8, 4) is 0 Å². The first kappa shape index (κ1) is 15.3. The van der Waals surface area contributed by atoms with Crippen LogP contribution >= 0.6 is 0 Å². The second-order valence-corrected chi connectivity index (χ2v) is 3.80. The Kier molecular flexibility index (Phi) is 5.61. The van der Waals surface area contributed by atoms with E-state index in [2.05, 4.69) is 20.5 Å². The number of urea groups is 1. The Labute approximate surface area is 107 Å². The maximum absolute atomic E-state index is 11.7. The van der Waals surface area contributed by atoms with Gasteiger partial charge < -0.3 is 15.4 Å². The van der Waals surface area contributed by atoms with Crippen LogP contribution in [0.15, 0.2) is 12.4 Å². The van der Waals surface area contributed by atoms with Crippen LogP contribution in [0.4, 0.5) is 18.0 Å². The third-order valence-corrected chi connectivity index (χ3v) is 2.01. The molecule has 108 valence electrons. The lowest BCUT2D eigenvalue weighted by Crippen LogP contribution is -2.37. The molecule has 2 N–H and O–H groups in total. The van der Waals surface area contributed by atoms with Gasteiger partial charge in [-0.15, -0.1) is 0 Å². The summed E-state index contributed by atoms with van der Waals surface area (Å²) in [5.74, 6) is 0. The number of ether oxygens (including phenoxy) is 1. The molecule has 0 unspecified atom stereocenters. The Bertz CT molecular complexity index is 406. The lowest BCUT2D eigenvalue weighted by atomic mass is 10.4. The van der Waals surface area contributed by atoms with Crippen LogP contribution in [0.3, 0.4) is 0 Å². The van der Waals surface area contributed by atoms with Gasteiger partial charge in [0.1, 0.15) is 6.61 Å². The van der Waals surface area contributed by atoms with Crippen molar-refractivity contribution < 1.29 is 22.7 Å². The number of hydrogen-bond donors (Lipinski definition) is 2. The van der Waals surface area contributed by atoms with Gasteiger partial charge >= 0.3 is 12.2 Å². The number of carbonyl (C=O) groups excluding carboxylic acids is 1. The first-order valence-electron chi connectivity index (χ1n) is 5.50. The fourth-order valence-electron chi connectivity index (χ4n) is 1.23. The van der Waals surface area contributed by atoms with Crippen molar-refractivity contribution in [2.75, 3.05) is 19.8 Å². The molecule has 6 nitrogen and oxygen atoms in total. The van der Waals surface area contributed by atoms with Crippen LogP contribution in [-0.2, 0) is 18.3 Å². The molecule has 0 aliphatic carbocycles. The number of nitrogens with zero attached hydrogens (tertiary/aromatic N) is 2. The highest BCUT2D eigenvalue weighted by atomic mass is 19.4. The Morgan fingerprint density at radius 3 is 2.79 bits per heavy atom. The quantitative estimate of drug-likeness (QED) is 0.757. The topological polar surface area (TPSA) is 68.2 Å². The molecular formula is C10H15F3N4O2. The van der Waals surface area contributed by atoms with Crippen molar-refractivity contribution in [1.82, 2.24) is 20.4 Å². The number of alkyl halides is 3. The predicted octanol–water partition coefficient (Wildman–Crippen LogP) is 0.798. The van der Waals surface area contributed by atoms with E-state index in [4.69, 9.17) is 0 Å². The third kappa shape index (κ3) is 7.29. The van der Waals surface area contributed by atoms with Crippen molar-refractivity contribution >= 4 is 6.03 Å². The van der Waals surface area contributed by atoms with Gasteiger partial charge in [0, 0.05) is 31.9 Å². The number of aryl methyl sites for hydroxylation is 1. The van der Waals surface area contributed by atoms with Crippen LogP contribution in [0, 0.1) is 0 Å². The summed E-state index contributed by atoms with van der Waals surface area (Å²) in [5.41, 5.74) is 0.825. The Morgan fingerprint density at radius 2 is 2.21 bits per heavy atom. The van der Waals surface area contributed by atoms with Crippen LogP contribution < -0.4 is 10.6 Å². The van der Waals surface area contributed by atoms with Crippen molar-refractivity contribution in [2.24, 2.45) is 7.05 Å². The minimum atomic E-state index is -4.34. The predicted molar refractivity (Wildman–Crippen MR) is 60.3 cm³/mol. The number of nitrogens with one attached hydrogen (secondary N) is 2. The van der Waals surface area contributed by atoms with E-state index in [9.17, 15) is 18.0 Å². The molecule has 0 atom stereocenters. The van der Waals surface area contributed by atoms with E-state index in [0.717, 1.165) is 5.56 Å². The van der Waals surface area contributed by atoms with Crippen molar-refractivity contribution in [3.63, 3.8) is 0 Å². The van der Waals surface area contributed by atoms with Gasteiger partial charge in [-0.1, -0.05) is 0 Å². The zero-order valence-corrected chi connectivity index (χ0v) is 10.3. The number of amides is 2. The molecule has 2 amide bonds. The molecule has 0 fully saturated rings. The van der Waals surface area contributed by atoms with E-state index in [0.29, 0.717) is 6.54 Å². The maximum Gasteiger partial charge on any atom is 0.411 e. The summed E-state index contributed by atoms with van der Waals surface area (Å²) in [4.78, 5) is 11.3. The molecule has 0 saturated carbocycles. The Morgan fingerprint density at radius 1 is 1.47 bits per heavy atom. The summed E-state index contributed by atoms with van der Waals surface area (Å²) in [6, 6.07) is -0.473. The van der Waals surface area contributed by atoms with Gasteiger partial charge in [0.15, 0.2) is 0 Å². The maximum atomic E-state index is 11.7. The molecule has 1 aromatic rings. The minimum absolute atomic E-state index is 0.00888.